The highest BCUT2D eigenvalue weighted by Gasteiger charge is 2.61. The molecule has 1 aliphatic heterocycles. The maximum Gasteiger partial charge on any atom is 0.334 e. The average Bonchev–Trinajstić information content (AvgIpc) is 2.67. The Morgan fingerprint density at radius 3 is 2.76 bits per heavy atom. The van der Waals surface area contributed by atoms with E-state index in [1.54, 1.807) is 20.1 Å². The summed E-state index contributed by atoms with van der Waals surface area (Å²) in [5.41, 5.74) is -1.11. The molecule has 0 saturated heterocycles. The minimum Gasteiger partial charge on any atom is -0.464 e. The summed E-state index contributed by atoms with van der Waals surface area (Å²) in [6.45, 7) is 7.90. The number of aliphatic imine (C=N–C) groups is 1. The number of ketones is 1. The minimum absolute atomic E-state index is 0.0596. The van der Waals surface area contributed by atoms with Gasteiger partial charge in [0.15, 0.2) is 5.54 Å². The van der Waals surface area contributed by atoms with E-state index in [1.165, 1.54) is 0 Å². The monoisotopic (exact) mass is 237 g/mol. The van der Waals surface area contributed by atoms with Crippen LogP contribution in [0.3, 0.4) is 0 Å². The highest BCUT2D eigenvalue weighted by molar-refractivity contribution is 6.00. The number of hydrogen-bond acceptors (Lipinski definition) is 4. The Bertz CT molecular complexity index is 399. The molecule has 2 aliphatic rings. The molecule has 0 amide bonds. The van der Waals surface area contributed by atoms with Crippen molar-refractivity contribution in [2.24, 2.45) is 22.2 Å². The Kier molecular flexibility index (Phi) is 2.64. The highest BCUT2D eigenvalue weighted by Crippen LogP contribution is 2.51. The van der Waals surface area contributed by atoms with Crippen molar-refractivity contribution in [3.05, 3.63) is 0 Å². The zero-order chi connectivity index (χ0) is 12.8. The lowest BCUT2D eigenvalue weighted by Gasteiger charge is -2.27. The van der Waals surface area contributed by atoms with E-state index in [0.29, 0.717) is 13.0 Å². The zero-order valence-electron chi connectivity index (χ0n) is 10.8. The number of nitrogens with zero attached hydrogens (tertiary/aromatic N) is 1. The van der Waals surface area contributed by atoms with Crippen LogP contribution in [0.4, 0.5) is 0 Å². The van der Waals surface area contributed by atoms with Gasteiger partial charge in [-0.2, -0.15) is 0 Å². The molecule has 1 unspecified atom stereocenters. The van der Waals surface area contributed by atoms with E-state index in [0.717, 1.165) is 0 Å². The van der Waals surface area contributed by atoms with Crippen molar-refractivity contribution in [2.45, 2.75) is 39.7 Å². The Labute approximate surface area is 101 Å². The van der Waals surface area contributed by atoms with Gasteiger partial charge in [0, 0.05) is 18.6 Å². The Hall–Kier alpha value is -1.19. The number of ether oxygens (including phenoxy) is 1. The predicted molar refractivity (Wildman–Crippen MR) is 63.9 cm³/mol. The first-order valence-electron chi connectivity index (χ1n) is 6.08. The summed E-state index contributed by atoms with van der Waals surface area (Å²) < 4.78 is 5.05. The summed E-state index contributed by atoms with van der Waals surface area (Å²) in [5, 5.41) is 0. The van der Waals surface area contributed by atoms with Gasteiger partial charge in [-0.3, -0.25) is 9.79 Å². The number of Topliss-reactive ketones (excluding diaryl/α,β-unsaturated/α-hetero) is 1. The molecule has 1 aliphatic carbocycles. The summed E-state index contributed by atoms with van der Waals surface area (Å²) in [6, 6.07) is 0. The second kappa shape index (κ2) is 3.65. The molecule has 4 nitrogen and oxygen atoms in total. The minimum atomic E-state index is -1.01. The number of rotatable bonds is 2. The van der Waals surface area contributed by atoms with E-state index in [2.05, 4.69) is 18.8 Å². The van der Waals surface area contributed by atoms with Gasteiger partial charge >= 0.3 is 5.97 Å². The molecule has 4 heteroatoms. The van der Waals surface area contributed by atoms with Gasteiger partial charge in [-0.05, 0) is 19.3 Å². The Balaban J connectivity index is 2.33. The molecule has 17 heavy (non-hydrogen) atoms. The SMILES string of the molecule is CCOC(=O)C1(C)N=C[C@@H]2[C@H]1C(=O)CC2(C)C. The lowest BCUT2D eigenvalue weighted by molar-refractivity contribution is -0.152. The fourth-order valence-corrected chi connectivity index (χ4v) is 3.05. The summed E-state index contributed by atoms with van der Waals surface area (Å²) in [5.74, 6) is -0.524. The molecule has 1 heterocycles. The standard InChI is InChI=1S/C13H19NO3/c1-5-17-11(16)13(4)10-8(7-14-13)12(2,3)6-9(10)15/h7-8,10H,5-6H2,1-4H3/t8-,10+,13?/m1/s1. The molecule has 0 aromatic carbocycles. The third-order valence-corrected chi connectivity index (χ3v) is 4.04. The summed E-state index contributed by atoms with van der Waals surface area (Å²) in [7, 11) is 0. The van der Waals surface area contributed by atoms with Crippen molar-refractivity contribution in [3.63, 3.8) is 0 Å². The summed E-state index contributed by atoms with van der Waals surface area (Å²) >= 11 is 0. The topological polar surface area (TPSA) is 55.7 Å². The van der Waals surface area contributed by atoms with E-state index in [1.807, 2.05) is 0 Å². The van der Waals surface area contributed by atoms with Crippen LogP contribution in [0, 0.1) is 17.3 Å². The Morgan fingerprint density at radius 2 is 2.18 bits per heavy atom. The molecule has 0 aromatic heterocycles. The van der Waals surface area contributed by atoms with Crippen LogP contribution >= 0.6 is 0 Å². The van der Waals surface area contributed by atoms with Crippen molar-refractivity contribution in [3.8, 4) is 0 Å². The fourth-order valence-electron chi connectivity index (χ4n) is 3.05. The van der Waals surface area contributed by atoms with Gasteiger partial charge in [-0.25, -0.2) is 4.79 Å². The maximum atomic E-state index is 12.1. The van der Waals surface area contributed by atoms with E-state index >= 15 is 0 Å². The number of fused-ring (bicyclic) bond motifs is 1. The quantitative estimate of drug-likeness (QED) is 0.686. The normalized spacial score (nSPS) is 38.2. The molecule has 0 N–H and O–H groups in total. The number of carbonyl (C=O) groups is 2. The van der Waals surface area contributed by atoms with E-state index in [9.17, 15) is 9.59 Å². The van der Waals surface area contributed by atoms with Gasteiger partial charge in [0.05, 0.1) is 12.5 Å². The van der Waals surface area contributed by atoms with E-state index in [4.69, 9.17) is 4.74 Å². The van der Waals surface area contributed by atoms with Gasteiger partial charge in [0.1, 0.15) is 5.78 Å². The first-order valence-corrected chi connectivity index (χ1v) is 6.08. The first kappa shape index (κ1) is 12.3. The van der Waals surface area contributed by atoms with Crippen LogP contribution in [0.2, 0.25) is 0 Å². The van der Waals surface area contributed by atoms with Crippen LogP contribution in [0.5, 0.6) is 0 Å². The van der Waals surface area contributed by atoms with Crippen molar-refractivity contribution >= 4 is 18.0 Å². The largest absolute Gasteiger partial charge is 0.464 e. The van der Waals surface area contributed by atoms with Crippen molar-refractivity contribution < 1.29 is 14.3 Å². The summed E-state index contributed by atoms with van der Waals surface area (Å²) in [4.78, 5) is 28.4. The van der Waals surface area contributed by atoms with Crippen molar-refractivity contribution in [1.29, 1.82) is 0 Å². The molecule has 3 atom stereocenters. The van der Waals surface area contributed by atoms with E-state index in [-0.39, 0.29) is 29.0 Å². The van der Waals surface area contributed by atoms with Crippen molar-refractivity contribution in [1.82, 2.24) is 0 Å². The molecular formula is C13H19NO3. The van der Waals surface area contributed by atoms with Crippen LogP contribution in [-0.4, -0.2) is 30.1 Å². The van der Waals surface area contributed by atoms with Gasteiger partial charge in [-0.1, -0.05) is 13.8 Å². The number of esters is 1. The van der Waals surface area contributed by atoms with Crippen LogP contribution in [0.25, 0.3) is 0 Å². The van der Waals surface area contributed by atoms with Gasteiger partial charge in [0.25, 0.3) is 0 Å². The number of carbonyl (C=O) groups excluding carboxylic acids is 2. The van der Waals surface area contributed by atoms with Crippen LogP contribution in [0.1, 0.15) is 34.1 Å². The molecule has 94 valence electrons. The highest BCUT2D eigenvalue weighted by atomic mass is 16.5. The first-order chi connectivity index (χ1) is 7.83. The van der Waals surface area contributed by atoms with Gasteiger partial charge < -0.3 is 4.74 Å². The maximum absolute atomic E-state index is 12.1. The smallest absolute Gasteiger partial charge is 0.334 e. The molecule has 1 fully saturated rings. The molecular weight excluding hydrogens is 218 g/mol. The molecule has 0 spiro atoms. The third kappa shape index (κ3) is 1.61. The van der Waals surface area contributed by atoms with Crippen LogP contribution in [-0.2, 0) is 14.3 Å². The second-order valence-electron chi connectivity index (χ2n) is 5.78. The van der Waals surface area contributed by atoms with Gasteiger partial charge in [0.2, 0.25) is 0 Å². The van der Waals surface area contributed by atoms with E-state index < -0.39 is 5.54 Å². The third-order valence-electron chi connectivity index (χ3n) is 4.04. The molecule has 2 rings (SSSR count). The Morgan fingerprint density at radius 1 is 1.53 bits per heavy atom. The van der Waals surface area contributed by atoms with Crippen LogP contribution < -0.4 is 0 Å². The predicted octanol–water partition coefficient (Wildman–Crippen LogP) is 1.62. The molecule has 0 aromatic rings. The van der Waals surface area contributed by atoms with Gasteiger partial charge in [-0.15, -0.1) is 0 Å². The van der Waals surface area contributed by atoms with Crippen LogP contribution in [0.15, 0.2) is 4.99 Å². The average molecular weight is 237 g/mol. The molecule has 0 radical (unpaired) electrons. The lowest BCUT2D eigenvalue weighted by atomic mass is 9.75. The zero-order valence-corrected chi connectivity index (χ0v) is 10.8. The fraction of sp³-hybridized carbons (Fsp3) is 0.769. The van der Waals surface area contributed by atoms with Crippen molar-refractivity contribution in [2.75, 3.05) is 6.61 Å². The lowest BCUT2D eigenvalue weighted by Crippen LogP contribution is -2.44. The second-order valence-corrected chi connectivity index (χ2v) is 5.78. The molecule has 1 saturated carbocycles. The molecule has 0 bridgehead atoms. The summed E-state index contributed by atoms with van der Waals surface area (Å²) in [6.07, 6.45) is 2.30. The number of hydrogen-bond donors (Lipinski definition) is 0.